The van der Waals surface area contributed by atoms with Crippen LogP contribution in [-0.4, -0.2) is 28.6 Å². The van der Waals surface area contributed by atoms with Gasteiger partial charge < -0.3 is 5.11 Å². The predicted molar refractivity (Wildman–Crippen MR) is 74.4 cm³/mol. The summed E-state index contributed by atoms with van der Waals surface area (Å²) in [5.74, 6) is -0.853. The van der Waals surface area contributed by atoms with Crippen LogP contribution in [-0.2, 0) is 4.79 Å². The molecule has 1 N–H and O–H groups in total. The molecule has 5 heteroatoms. The molecule has 0 amide bonds. The summed E-state index contributed by atoms with van der Waals surface area (Å²) in [6.45, 7) is 5.82. The Morgan fingerprint density at radius 1 is 1.33 bits per heavy atom. The first-order valence-corrected chi connectivity index (χ1v) is 6.51. The highest BCUT2D eigenvalue weighted by atomic mass is 35.5. The fraction of sp³-hybridized carbons (Fsp3) is 0.462. The van der Waals surface area contributed by atoms with Crippen LogP contribution in [0.5, 0.6) is 0 Å². The van der Waals surface area contributed by atoms with Gasteiger partial charge in [-0.15, -0.1) is 0 Å². The molecule has 1 aromatic carbocycles. The molecule has 0 spiro atoms. The highest BCUT2D eigenvalue weighted by molar-refractivity contribution is 6.42. The standard InChI is InChI=1S/C13H17Cl2NO2/c1-8(2)16(7-12(17)18)9(3)10-5-4-6-11(14)13(10)15/h4-6,8-9H,7H2,1-3H3,(H,17,18). The van der Waals surface area contributed by atoms with Crippen LogP contribution in [0.3, 0.4) is 0 Å². The van der Waals surface area contributed by atoms with Crippen molar-refractivity contribution in [3.63, 3.8) is 0 Å². The van der Waals surface area contributed by atoms with Crippen molar-refractivity contribution in [2.75, 3.05) is 6.54 Å². The highest BCUT2D eigenvalue weighted by Crippen LogP contribution is 2.33. The van der Waals surface area contributed by atoms with Crippen LogP contribution < -0.4 is 0 Å². The zero-order valence-corrected chi connectivity index (χ0v) is 12.2. The van der Waals surface area contributed by atoms with Gasteiger partial charge in [0, 0.05) is 12.1 Å². The minimum Gasteiger partial charge on any atom is -0.480 e. The second-order valence-corrected chi connectivity index (χ2v) is 5.26. The van der Waals surface area contributed by atoms with Gasteiger partial charge >= 0.3 is 5.97 Å². The minimum absolute atomic E-state index is 0.0261. The molecule has 0 saturated heterocycles. The third kappa shape index (κ3) is 3.61. The maximum absolute atomic E-state index is 10.9. The Kier molecular flexibility index (Phi) is 5.45. The molecule has 0 aliphatic carbocycles. The monoisotopic (exact) mass is 289 g/mol. The van der Waals surface area contributed by atoms with E-state index in [-0.39, 0.29) is 18.6 Å². The molecule has 1 atom stereocenters. The largest absolute Gasteiger partial charge is 0.480 e. The molecule has 0 radical (unpaired) electrons. The van der Waals surface area contributed by atoms with Crippen molar-refractivity contribution < 1.29 is 9.90 Å². The molecule has 18 heavy (non-hydrogen) atoms. The third-order valence-electron chi connectivity index (χ3n) is 2.91. The van der Waals surface area contributed by atoms with E-state index in [1.54, 1.807) is 6.07 Å². The van der Waals surface area contributed by atoms with E-state index in [1.807, 2.05) is 37.8 Å². The number of benzene rings is 1. The Hall–Kier alpha value is -0.770. The van der Waals surface area contributed by atoms with Crippen LogP contribution in [0.2, 0.25) is 10.0 Å². The molecular formula is C13H17Cl2NO2. The lowest BCUT2D eigenvalue weighted by Crippen LogP contribution is -2.37. The summed E-state index contributed by atoms with van der Waals surface area (Å²) >= 11 is 12.1. The van der Waals surface area contributed by atoms with E-state index in [2.05, 4.69) is 0 Å². The zero-order chi connectivity index (χ0) is 13.9. The molecule has 0 heterocycles. The van der Waals surface area contributed by atoms with Crippen LogP contribution >= 0.6 is 23.2 Å². The summed E-state index contributed by atoms with van der Waals surface area (Å²) in [5, 5.41) is 9.93. The summed E-state index contributed by atoms with van der Waals surface area (Å²) < 4.78 is 0. The van der Waals surface area contributed by atoms with E-state index in [9.17, 15) is 4.79 Å². The van der Waals surface area contributed by atoms with Gasteiger partial charge in [0.05, 0.1) is 16.6 Å². The van der Waals surface area contributed by atoms with E-state index in [0.29, 0.717) is 10.0 Å². The number of carboxylic acid groups (broad SMARTS) is 1. The van der Waals surface area contributed by atoms with E-state index in [1.165, 1.54) is 0 Å². The molecule has 0 aliphatic heterocycles. The molecule has 0 saturated carbocycles. The van der Waals surface area contributed by atoms with Gasteiger partial charge in [-0.2, -0.15) is 0 Å². The smallest absolute Gasteiger partial charge is 0.317 e. The number of aliphatic carboxylic acids is 1. The van der Waals surface area contributed by atoms with Crippen molar-refractivity contribution >= 4 is 29.2 Å². The summed E-state index contributed by atoms with van der Waals surface area (Å²) in [6.07, 6.45) is 0. The molecule has 1 aromatic rings. The lowest BCUT2D eigenvalue weighted by molar-refractivity contribution is -0.139. The van der Waals surface area contributed by atoms with Crippen LogP contribution in [0.4, 0.5) is 0 Å². The highest BCUT2D eigenvalue weighted by Gasteiger charge is 2.23. The first-order chi connectivity index (χ1) is 8.34. The van der Waals surface area contributed by atoms with Crippen molar-refractivity contribution in [3.05, 3.63) is 33.8 Å². The number of carbonyl (C=O) groups is 1. The Bertz CT molecular complexity index is 435. The summed E-state index contributed by atoms with van der Waals surface area (Å²) in [4.78, 5) is 12.8. The van der Waals surface area contributed by atoms with Gasteiger partial charge in [-0.05, 0) is 32.4 Å². The Morgan fingerprint density at radius 3 is 2.44 bits per heavy atom. The predicted octanol–water partition coefficient (Wildman–Crippen LogP) is 3.85. The van der Waals surface area contributed by atoms with Crippen LogP contribution in [0.1, 0.15) is 32.4 Å². The van der Waals surface area contributed by atoms with Gasteiger partial charge in [-0.1, -0.05) is 35.3 Å². The quantitative estimate of drug-likeness (QED) is 0.895. The zero-order valence-electron chi connectivity index (χ0n) is 10.7. The number of nitrogens with zero attached hydrogens (tertiary/aromatic N) is 1. The average molecular weight is 290 g/mol. The van der Waals surface area contributed by atoms with Crippen molar-refractivity contribution in [1.29, 1.82) is 0 Å². The van der Waals surface area contributed by atoms with Crippen molar-refractivity contribution in [3.8, 4) is 0 Å². The molecule has 3 nitrogen and oxygen atoms in total. The Balaban J connectivity index is 3.05. The summed E-state index contributed by atoms with van der Waals surface area (Å²) in [7, 11) is 0. The second-order valence-electron chi connectivity index (χ2n) is 4.48. The van der Waals surface area contributed by atoms with E-state index < -0.39 is 5.97 Å². The van der Waals surface area contributed by atoms with Crippen molar-refractivity contribution in [1.82, 2.24) is 4.90 Å². The molecule has 0 aromatic heterocycles. The Morgan fingerprint density at radius 2 is 1.94 bits per heavy atom. The maximum Gasteiger partial charge on any atom is 0.317 e. The lowest BCUT2D eigenvalue weighted by atomic mass is 10.1. The SMILES string of the molecule is CC(C)N(CC(=O)O)C(C)c1cccc(Cl)c1Cl. The van der Waals surface area contributed by atoms with Crippen molar-refractivity contribution in [2.45, 2.75) is 32.9 Å². The summed E-state index contributed by atoms with van der Waals surface area (Å²) in [5.41, 5.74) is 0.846. The number of halogens is 2. The maximum atomic E-state index is 10.9. The first kappa shape index (κ1) is 15.3. The molecule has 1 unspecified atom stereocenters. The Labute approximate surface area is 117 Å². The minimum atomic E-state index is -0.853. The van der Waals surface area contributed by atoms with Crippen LogP contribution in [0, 0.1) is 0 Å². The molecule has 1 rings (SSSR count). The number of rotatable bonds is 5. The number of hydrogen-bond acceptors (Lipinski definition) is 2. The van der Waals surface area contributed by atoms with E-state index >= 15 is 0 Å². The third-order valence-corrected chi connectivity index (χ3v) is 3.74. The van der Waals surface area contributed by atoms with Crippen molar-refractivity contribution in [2.24, 2.45) is 0 Å². The van der Waals surface area contributed by atoms with Crippen LogP contribution in [0.25, 0.3) is 0 Å². The first-order valence-electron chi connectivity index (χ1n) is 5.76. The second kappa shape index (κ2) is 6.41. The average Bonchev–Trinajstić information content (AvgIpc) is 2.28. The fourth-order valence-corrected chi connectivity index (χ4v) is 2.41. The van der Waals surface area contributed by atoms with E-state index in [0.717, 1.165) is 5.56 Å². The van der Waals surface area contributed by atoms with E-state index in [4.69, 9.17) is 28.3 Å². The number of hydrogen-bond donors (Lipinski definition) is 1. The molecule has 0 fully saturated rings. The van der Waals surface area contributed by atoms with Gasteiger partial charge in [-0.3, -0.25) is 9.69 Å². The molecular weight excluding hydrogens is 273 g/mol. The van der Waals surface area contributed by atoms with Gasteiger partial charge in [0.15, 0.2) is 0 Å². The van der Waals surface area contributed by atoms with Gasteiger partial charge in [0.25, 0.3) is 0 Å². The lowest BCUT2D eigenvalue weighted by Gasteiger charge is -2.32. The van der Waals surface area contributed by atoms with Gasteiger partial charge in [-0.25, -0.2) is 0 Å². The molecule has 0 bridgehead atoms. The topological polar surface area (TPSA) is 40.5 Å². The van der Waals surface area contributed by atoms with Gasteiger partial charge in [0.1, 0.15) is 0 Å². The van der Waals surface area contributed by atoms with Crippen LogP contribution in [0.15, 0.2) is 18.2 Å². The number of carboxylic acids is 1. The normalized spacial score (nSPS) is 13.1. The summed E-state index contributed by atoms with van der Waals surface area (Å²) in [6, 6.07) is 5.41. The molecule has 0 aliphatic rings. The fourth-order valence-electron chi connectivity index (χ4n) is 1.94. The molecule has 100 valence electrons. The van der Waals surface area contributed by atoms with Gasteiger partial charge in [0.2, 0.25) is 0 Å².